The van der Waals surface area contributed by atoms with Crippen molar-refractivity contribution < 1.29 is 9.90 Å². The van der Waals surface area contributed by atoms with Crippen LogP contribution in [0.5, 0.6) is 0 Å². The Hall–Kier alpha value is -0.740. The summed E-state index contributed by atoms with van der Waals surface area (Å²) in [4.78, 5) is 10.5. The number of carboxylic acid groups (broad SMARTS) is 1. The van der Waals surface area contributed by atoms with Gasteiger partial charge in [0.25, 0.3) is 0 Å². The van der Waals surface area contributed by atoms with Crippen LogP contribution in [-0.2, 0) is 0 Å². The molecule has 1 rings (SSSR count). The Labute approximate surface area is 82.3 Å². The van der Waals surface area contributed by atoms with E-state index in [1.165, 1.54) is 12.1 Å². The third-order valence-corrected chi connectivity index (χ3v) is 2.76. The van der Waals surface area contributed by atoms with Crippen LogP contribution in [0, 0.1) is 0 Å². The number of hydrogen-bond donors (Lipinski definition) is 2. The third-order valence-electron chi connectivity index (χ3n) is 1.36. The largest absolute Gasteiger partial charge is 0.478 e. The Kier molecular flexibility index (Phi) is 2.59. The molecular weight excluding hydrogens is 245 g/mol. The molecule has 12 heavy (non-hydrogen) atoms. The Morgan fingerprint density at radius 3 is 2.67 bits per heavy atom. The zero-order chi connectivity index (χ0) is 9.30. The smallest absolute Gasteiger partial charge is 0.337 e. The van der Waals surface area contributed by atoms with Crippen molar-refractivity contribution in [2.24, 2.45) is 0 Å². The SMILES string of the molecule is Nc1c(C(=O)O)ccc(Cl)c1Br. The minimum Gasteiger partial charge on any atom is -0.478 e. The highest BCUT2D eigenvalue weighted by atomic mass is 79.9. The first-order chi connectivity index (χ1) is 5.54. The molecule has 0 amide bonds. The van der Waals surface area contributed by atoms with Gasteiger partial charge in [0.15, 0.2) is 0 Å². The number of nitrogen functional groups attached to an aromatic ring is 1. The number of carbonyl (C=O) groups is 1. The van der Waals surface area contributed by atoms with Gasteiger partial charge in [-0.3, -0.25) is 0 Å². The number of rotatable bonds is 1. The molecule has 0 aliphatic rings. The summed E-state index contributed by atoms with van der Waals surface area (Å²) in [6, 6.07) is 2.84. The van der Waals surface area contributed by atoms with Crippen molar-refractivity contribution in [2.75, 3.05) is 5.73 Å². The van der Waals surface area contributed by atoms with E-state index in [0.717, 1.165) is 0 Å². The van der Waals surface area contributed by atoms with E-state index in [-0.39, 0.29) is 11.3 Å². The van der Waals surface area contributed by atoms with Crippen LogP contribution >= 0.6 is 27.5 Å². The molecular formula is C7H5BrClNO2. The first-order valence-corrected chi connectivity index (χ1v) is 4.18. The molecule has 0 aromatic heterocycles. The van der Waals surface area contributed by atoms with E-state index in [0.29, 0.717) is 9.50 Å². The van der Waals surface area contributed by atoms with Crippen molar-refractivity contribution in [3.8, 4) is 0 Å². The highest BCUT2D eigenvalue weighted by Crippen LogP contribution is 2.30. The molecule has 0 spiro atoms. The van der Waals surface area contributed by atoms with E-state index < -0.39 is 5.97 Å². The Balaban J connectivity index is 3.36. The van der Waals surface area contributed by atoms with Crippen molar-refractivity contribution in [1.29, 1.82) is 0 Å². The van der Waals surface area contributed by atoms with Crippen LogP contribution in [0.3, 0.4) is 0 Å². The molecule has 0 aliphatic carbocycles. The molecule has 0 saturated heterocycles. The average Bonchev–Trinajstić information content (AvgIpc) is 2.00. The molecule has 5 heteroatoms. The van der Waals surface area contributed by atoms with E-state index in [4.69, 9.17) is 22.4 Å². The molecule has 0 saturated carbocycles. The van der Waals surface area contributed by atoms with Crippen LogP contribution in [0.1, 0.15) is 10.4 Å². The molecule has 0 unspecified atom stereocenters. The van der Waals surface area contributed by atoms with Crippen molar-refractivity contribution >= 4 is 39.2 Å². The lowest BCUT2D eigenvalue weighted by Crippen LogP contribution is -2.02. The van der Waals surface area contributed by atoms with Gasteiger partial charge in [0.1, 0.15) is 0 Å². The van der Waals surface area contributed by atoms with Gasteiger partial charge >= 0.3 is 5.97 Å². The number of anilines is 1. The monoisotopic (exact) mass is 249 g/mol. The van der Waals surface area contributed by atoms with Crippen LogP contribution in [0.2, 0.25) is 5.02 Å². The standard InChI is InChI=1S/C7H5BrClNO2/c8-5-4(9)2-1-3(6(5)10)7(11)12/h1-2H,10H2,(H,11,12). The molecule has 0 atom stereocenters. The van der Waals surface area contributed by atoms with Gasteiger partial charge in [0.05, 0.1) is 20.7 Å². The Bertz CT molecular complexity index is 340. The number of hydrogen-bond acceptors (Lipinski definition) is 2. The zero-order valence-corrected chi connectivity index (χ0v) is 8.19. The van der Waals surface area contributed by atoms with Crippen molar-refractivity contribution in [1.82, 2.24) is 0 Å². The maximum Gasteiger partial charge on any atom is 0.337 e. The summed E-state index contributed by atoms with van der Waals surface area (Å²) in [5.74, 6) is -1.06. The molecule has 0 radical (unpaired) electrons. The van der Waals surface area contributed by atoms with Gasteiger partial charge in [-0.15, -0.1) is 0 Å². The van der Waals surface area contributed by atoms with E-state index in [9.17, 15) is 4.79 Å². The second kappa shape index (κ2) is 3.33. The van der Waals surface area contributed by atoms with E-state index in [1.54, 1.807) is 0 Å². The quantitative estimate of drug-likeness (QED) is 0.752. The van der Waals surface area contributed by atoms with E-state index in [2.05, 4.69) is 15.9 Å². The van der Waals surface area contributed by atoms with Crippen LogP contribution in [-0.4, -0.2) is 11.1 Å². The van der Waals surface area contributed by atoms with Gasteiger partial charge in [-0.2, -0.15) is 0 Å². The molecule has 64 valence electrons. The fourth-order valence-corrected chi connectivity index (χ4v) is 1.26. The van der Waals surface area contributed by atoms with Crippen LogP contribution in [0.4, 0.5) is 5.69 Å². The fraction of sp³-hybridized carbons (Fsp3) is 0. The maximum absolute atomic E-state index is 10.5. The lowest BCUT2D eigenvalue weighted by Gasteiger charge is -2.03. The first-order valence-electron chi connectivity index (χ1n) is 3.01. The van der Waals surface area contributed by atoms with Gasteiger partial charge < -0.3 is 10.8 Å². The summed E-state index contributed by atoms with van der Waals surface area (Å²) in [6.45, 7) is 0. The van der Waals surface area contributed by atoms with E-state index >= 15 is 0 Å². The predicted molar refractivity (Wildman–Crippen MR) is 50.5 cm³/mol. The van der Waals surface area contributed by atoms with Gasteiger partial charge in [-0.1, -0.05) is 11.6 Å². The second-order valence-electron chi connectivity index (χ2n) is 2.13. The zero-order valence-electron chi connectivity index (χ0n) is 5.84. The van der Waals surface area contributed by atoms with Crippen LogP contribution in [0.15, 0.2) is 16.6 Å². The summed E-state index contributed by atoms with van der Waals surface area (Å²) in [5, 5.41) is 9.04. The highest BCUT2D eigenvalue weighted by Gasteiger charge is 2.11. The summed E-state index contributed by atoms with van der Waals surface area (Å²) in [7, 11) is 0. The summed E-state index contributed by atoms with van der Waals surface area (Å²) < 4.78 is 0.420. The van der Waals surface area contributed by atoms with Crippen LogP contribution in [0.25, 0.3) is 0 Å². The molecule has 0 fully saturated rings. The summed E-state index contributed by atoms with van der Waals surface area (Å²) >= 11 is 8.75. The molecule has 1 aromatic carbocycles. The van der Waals surface area contributed by atoms with Crippen LogP contribution < -0.4 is 5.73 Å². The normalized spacial score (nSPS) is 9.83. The first kappa shape index (κ1) is 9.35. The highest BCUT2D eigenvalue weighted by molar-refractivity contribution is 9.10. The summed E-state index contributed by atoms with van der Waals surface area (Å²) in [6.07, 6.45) is 0. The minimum absolute atomic E-state index is 0.0475. The lowest BCUT2D eigenvalue weighted by atomic mass is 10.2. The number of halogens is 2. The maximum atomic E-state index is 10.5. The Morgan fingerprint density at radius 1 is 1.58 bits per heavy atom. The molecule has 1 aromatic rings. The summed E-state index contributed by atoms with van der Waals surface area (Å²) in [5.41, 5.74) is 5.67. The molecule has 3 N–H and O–H groups in total. The van der Waals surface area contributed by atoms with Gasteiger partial charge in [0, 0.05) is 0 Å². The predicted octanol–water partition coefficient (Wildman–Crippen LogP) is 2.38. The van der Waals surface area contributed by atoms with Gasteiger partial charge in [-0.25, -0.2) is 4.79 Å². The van der Waals surface area contributed by atoms with Gasteiger partial charge in [0.2, 0.25) is 0 Å². The third kappa shape index (κ3) is 1.54. The Morgan fingerprint density at radius 2 is 2.17 bits per heavy atom. The molecule has 0 heterocycles. The van der Waals surface area contributed by atoms with Crippen molar-refractivity contribution in [3.05, 3.63) is 27.2 Å². The van der Waals surface area contributed by atoms with E-state index in [1.807, 2.05) is 0 Å². The van der Waals surface area contributed by atoms with Crippen molar-refractivity contribution in [3.63, 3.8) is 0 Å². The molecule has 0 aliphatic heterocycles. The topological polar surface area (TPSA) is 63.3 Å². The average molecular weight is 250 g/mol. The fourth-order valence-electron chi connectivity index (χ4n) is 0.753. The van der Waals surface area contributed by atoms with Crippen molar-refractivity contribution in [2.45, 2.75) is 0 Å². The number of aromatic carboxylic acids is 1. The molecule has 3 nitrogen and oxygen atoms in total. The lowest BCUT2D eigenvalue weighted by molar-refractivity contribution is 0.0698. The second-order valence-corrected chi connectivity index (χ2v) is 3.33. The van der Waals surface area contributed by atoms with Gasteiger partial charge in [-0.05, 0) is 28.1 Å². The number of benzene rings is 1. The number of carboxylic acids is 1. The number of nitrogens with two attached hydrogens (primary N) is 1. The molecule has 0 bridgehead atoms. The minimum atomic E-state index is -1.06.